The zero-order chi connectivity index (χ0) is 33.0. The molecule has 47 heavy (non-hydrogen) atoms. The molecule has 2 atom stereocenters. The molecule has 0 amide bonds. The van der Waals surface area contributed by atoms with Gasteiger partial charge < -0.3 is 25.4 Å². The van der Waals surface area contributed by atoms with Crippen molar-refractivity contribution < 1.29 is 40.2 Å². The molecule has 3 N–H and O–H groups in total. The number of rotatable bonds is 6. The minimum absolute atomic E-state index is 0.0257. The molecule has 5 aliphatic rings. The molecule has 0 spiro atoms. The maximum atomic E-state index is 16.9. The number of anilines is 2. The number of hydrogen-bond acceptors (Lipinski definition) is 9. The van der Waals surface area contributed by atoms with Crippen LogP contribution in [0.1, 0.15) is 36.8 Å². The average Bonchev–Trinajstić information content (AvgIpc) is 3.76. The van der Waals surface area contributed by atoms with Crippen LogP contribution in [0.3, 0.4) is 0 Å². The highest BCUT2D eigenvalue weighted by Crippen LogP contribution is 2.60. The Kier molecular flexibility index (Phi) is 6.65. The van der Waals surface area contributed by atoms with E-state index in [1.54, 1.807) is 11.0 Å². The van der Waals surface area contributed by atoms with Gasteiger partial charge in [-0.2, -0.15) is 28.4 Å². The van der Waals surface area contributed by atoms with Gasteiger partial charge in [0.15, 0.2) is 5.82 Å². The molecular weight excluding hydrogens is 653 g/mol. The number of nitrogen functional groups attached to an aromatic ring is 1. The van der Waals surface area contributed by atoms with E-state index in [9.17, 15) is 31.6 Å². The number of nitriles is 1. The normalized spacial score (nSPS) is 26.7. The molecule has 4 bridgehead atoms. The largest absolute Gasteiger partial charge is 0.463 e. The molecule has 5 fully saturated rings. The van der Waals surface area contributed by atoms with Crippen molar-refractivity contribution >= 4 is 43.1 Å². The van der Waals surface area contributed by atoms with Crippen molar-refractivity contribution in [2.24, 2.45) is 5.41 Å². The zero-order valence-corrected chi connectivity index (χ0v) is 25.2. The number of aromatic nitrogens is 2. The van der Waals surface area contributed by atoms with Gasteiger partial charge in [0, 0.05) is 46.9 Å². The number of fused-ring (bicyclic) bond motifs is 5. The third kappa shape index (κ3) is 4.61. The van der Waals surface area contributed by atoms with Crippen molar-refractivity contribution in [1.82, 2.24) is 15.3 Å². The maximum absolute atomic E-state index is 16.9. The first kappa shape index (κ1) is 30.4. The second kappa shape index (κ2) is 10.3. The molecule has 2 aromatic carbocycles. The first-order valence-electron chi connectivity index (χ1n) is 14.9. The number of ether oxygens (including phenoxy) is 2. The molecular formula is C31H25F7N6O2S. The van der Waals surface area contributed by atoms with Crippen LogP contribution in [-0.4, -0.2) is 60.4 Å². The fourth-order valence-corrected chi connectivity index (χ4v) is 8.71. The van der Waals surface area contributed by atoms with Gasteiger partial charge in [-0.15, -0.1) is 11.3 Å². The van der Waals surface area contributed by atoms with Crippen molar-refractivity contribution in [3.05, 3.63) is 41.0 Å². The topological polar surface area (TPSA) is 109 Å². The van der Waals surface area contributed by atoms with E-state index >= 15 is 4.39 Å². The molecule has 9 rings (SSSR count). The quantitative estimate of drug-likeness (QED) is 0.226. The minimum atomic E-state index is -5.09. The molecule has 8 nitrogen and oxygen atoms in total. The van der Waals surface area contributed by atoms with Gasteiger partial charge in [0.1, 0.15) is 33.8 Å². The van der Waals surface area contributed by atoms with E-state index in [0.717, 1.165) is 31.0 Å². The number of nitrogens with two attached hydrogens (primary N) is 1. The SMILES string of the molecule is N#Cc1c(N)sc2c(F)ccc(-c3c(C(F)(F)F)cc4c(N5CC6CCC(C5)N6)nc(OCC56COC(C(F)F)(C5)C6)nc4c3F)c12. The molecule has 2 unspecified atom stereocenters. The van der Waals surface area contributed by atoms with Crippen molar-refractivity contribution in [2.45, 2.75) is 56.0 Å². The number of benzene rings is 2. The van der Waals surface area contributed by atoms with Crippen molar-refractivity contribution in [3.63, 3.8) is 0 Å². The third-order valence-corrected chi connectivity index (χ3v) is 10.9. The Morgan fingerprint density at radius 2 is 1.89 bits per heavy atom. The average molecular weight is 679 g/mol. The fourth-order valence-electron chi connectivity index (χ4n) is 7.76. The first-order chi connectivity index (χ1) is 22.3. The number of hydrogen-bond donors (Lipinski definition) is 2. The van der Waals surface area contributed by atoms with Crippen molar-refractivity contribution in [3.8, 4) is 23.2 Å². The lowest BCUT2D eigenvalue weighted by Crippen LogP contribution is -2.52. The summed E-state index contributed by atoms with van der Waals surface area (Å²) in [4.78, 5) is 10.5. The Morgan fingerprint density at radius 1 is 1.17 bits per heavy atom. The fraction of sp³-hybridized carbons (Fsp3) is 0.452. The molecule has 4 aliphatic heterocycles. The number of piperazine rings is 1. The lowest BCUT2D eigenvalue weighted by molar-refractivity contribution is -0.137. The van der Waals surface area contributed by atoms with E-state index in [-0.39, 0.29) is 81.6 Å². The second-order valence-electron chi connectivity index (χ2n) is 12.9. The molecule has 0 radical (unpaired) electrons. The predicted octanol–water partition coefficient (Wildman–Crippen LogP) is 6.40. The standard InChI is InChI=1S/C31H25F7N6O2S/c32-19-4-3-15(20-17(6-39)25(40)47-24(19)20)21-18(31(36,37)38)5-16-23(22(21)33)42-28(43-26(16)44-7-13-1-2-14(8-44)41-13)45-11-29-9-30(10-29,27(34)35)46-12-29/h3-5,13-14,27,41H,1-2,7-12,40H2. The molecule has 4 saturated heterocycles. The number of halogens is 7. The molecule has 246 valence electrons. The smallest absolute Gasteiger partial charge is 0.417 e. The highest BCUT2D eigenvalue weighted by molar-refractivity contribution is 7.23. The summed E-state index contributed by atoms with van der Waals surface area (Å²) in [5.74, 6) is -2.16. The Balaban J connectivity index is 1.32. The van der Waals surface area contributed by atoms with Crippen LogP contribution in [0, 0.1) is 28.4 Å². The number of alkyl halides is 5. The number of thiophene rings is 1. The van der Waals surface area contributed by atoms with Crippen LogP contribution in [0.15, 0.2) is 18.2 Å². The van der Waals surface area contributed by atoms with Gasteiger partial charge in [-0.05, 0) is 43.4 Å². The van der Waals surface area contributed by atoms with E-state index in [0.29, 0.717) is 24.4 Å². The molecule has 1 aliphatic carbocycles. The van der Waals surface area contributed by atoms with Gasteiger partial charge in [-0.1, -0.05) is 6.07 Å². The highest BCUT2D eigenvalue weighted by atomic mass is 32.1. The predicted molar refractivity (Wildman–Crippen MR) is 158 cm³/mol. The van der Waals surface area contributed by atoms with Gasteiger partial charge in [0.05, 0.1) is 29.0 Å². The Bertz CT molecular complexity index is 1990. The van der Waals surface area contributed by atoms with Gasteiger partial charge in [-0.3, -0.25) is 0 Å². The summed E-state index contributed by atoms with van der Waals surface area (Å²) in [5.41, 5.74) is 0.262. The maximum Gasteiger partial charge on any atom is 0.417 e. The Labute approximate surface area is 266 Å². The number of nitrogens with zero attached hydrogens (tertiary/aromatic N) is 4. The van der Waals surface area contributed by atoms with E-state index in [1.807, 2.05) is 0 Å². The van der Waals surface area contributed by atoms with Crippen LogP contribution in [0.5, 0.6) is 6.01 Å². The summed E-state index contributed by atoms with van der Waals surface area (Å²) in [5, 5.41) is 12.6. The van der Waals surface area contributed by atoms with Gasteiger partial charge in [0.2, 0.25) is 0 Å². The minimum Gasteiger partial charge on any atom is -0.463 e. The van der Waals surface area contributed by atoms with Gasteiger partial charge in [-0.25, -0.2) is 17.6 Å². The van der Waals surface area contributed by atoms with Gasteiger partial charge >= 0.3 is 12.2 Å². The summed E-state index contributed by atoms with van der Waals surface area (Å²) in [6, 6.07) is 4.23. The number of nitrogens with one attached hydrogen (secondary N) is 1. The molecule has 2 aromatic heterocycles. The van der Waals surface area contributed by atoms with E-state index in [1.165, 1.54) is 0 Å². The van der Waals surface area contributed by atoms with Crippen molar-refractivity contribution in [2.75, 3.05) is 36.9 Å². The molecule has 6 heterocycles. The lowest BCUT2D eigenvalue weighted by atomic mass is 9.63. The summed E-state index contributed by atoms with van der Waals surface area (Å²) in [6.45, 7) is 0.685. The molecule has 16 heteroatoms. The van der Waals surface area contributed by atoms with Crippen LogP contribution in [0.2, 0.25) is 0 Å². The van der Waals surface area contributed by atoms with Crippen LogP contribution in [0.25, 0.3) is 32.1 Å². The summed E-state index contributed by atoms with van der Waals surface area (Å²) in [7, 11) is 0. The zero-order valence-electron chi connectivity index (χ0n) is 24.4. The third-order valence-electron chi connectivity index (χ3n) is 9.83. The van der Waals surface area contributed by atoms with Crippen LogP contribution >= 0.6 is 11.3 Å². The van der Waals surface area contributed by atoms with Crippen LogP contribution < -0.4 is 20.7 Å². The summed E-state index contributed by atoms with van der Waals surface area (Å²) < 4.78 is 114. The second-order valence-corrected chi connectivity index (χ2v) is 14.0. The molecule has 1 saturated carbocycles. The Hall–Kier alpha value is -3.94. The summed E-state index contributed by atoms with van der Waals surface area (Å²) in [6.07, 6.45) is -5.95. The van der Waals surface area contributed by atoms with Crippen LogP contribution in [-0.2, 0) is 10.9 Å². The monoisotopic (exact) mass is 678 g/mol. The van der Waals surface area contributed by atoms with Crippen molar-refractivity contribution in [1.29, 1.82) is 5.26 Å². The first-order valence-corrected chi connectivity index (χ1v) is 15.7. The van der Waals surface area contributed by atoms with E-state index < -0.39 is 51.9 Å². The Morgan fingerprint density at radius 3 is 2.53 bits per heavy atom. The van der Waals surface area contributed by atoms with E-state index in [2.05, 4.69) is 15.3 Å². The lowest BCUT2D eigenvalue weighted by Gasteiger charge is -2.43. The van der Waals surface area contributed by atoms with Gasteiger partial charge in [0.25, 0.3) is 6.43 Å². The van der Waals surface area contributed by atoms with E-state index in [4.69, 9.17) is 15.2 Å². The van der Waals surface area contributed by atoms with Crippen LogP contribution in [0.4, 0.5) is 41.6 Å². The highest BCUT2D eigenvalue weighted by Gasteiger charge is 2.67. The molecule has 4 aromatic rings. The summed E-state index contributed by atoms with van der Waals surface area (Å²) >= 11 is 0.676.